The lowest BCUT2D eigenvalue weighted by atomic mass is 9.81. The molecule has 1 atom stereocenters. The average Bonchev–Trinajstić information content (AvgIpc) is 2.84. The molecule has 1 amide bonds. The van der Waals surface area contributed by atoms with Crippen LogP contribution in [0, 0.1) is 18.3 Å². The lowest BCUT2D eigenvalue weighted by molar-refractivity contribution is -0.138. The number of thioether (sulfide) groups is 1. The van der Waals surface area contributed by atoms with Crippen molar-refractivity contribution in [2.24, 2.45) is 0 Å². The number of aryl methyl sites for hydroxylation is 1. The van der Waals surface area contributed by atoms with E-state index >= 15 is 0 Å². The van der Waals surface area contributed by atoms with Crippen molar-refractivity contribution >= 4 is 40.9 Å². The summed E-state index contributed by atoms with van der Waals surface area (Å²) in [5, 5.41) is 17.4. The van der Waals surface area contributed by atoms with Crippen LogP contribution in [0.2, 0.25) is 5.02 Å². The molecule has 1 aliphatic heterocycles. The fraction of sp³-hybridized carbons (Fsp3) is 0.296. The Morgan fingerprint density at radius 3 is 2.54 bits per heavy atom. The van der Waals surface area contributed by atoms with Gasteiger partial charge in [-0.05, 0) is 43.5 Å². The lowest BCUT2D eigenvalue weighted by Gasteiger charge is -2.31. The molecule has 0 fully saturated rings. The van der Waals surface area contributed by atoms with Gasteiger partial charge in [-0.2, -0.15) is 5.26 Å². The van der Waals surface area contributed by atoms with E-state index in [1.54, 1.807) is 19.1 Å². The number of nitriles is 1. The summed E-state index contributed by atoms with van der Waals surface area (Å²) in [5.74, 6) is -1.28. The number of hydrogen-bond acceptors (Lipinski definition) is 6. The van der Waals surface area contributed by atoms with E-state index in [2.05, 4.69) is 16.7 Å². The molecule has 0 spiro atoms. The third kappa shape index (κ3) is 6.27. The number of carbonyl (C=O) groups is 2. The quantitative estimate of drug-likeness (QED) is 0.399. The van der Waals surface area contributed by atoms with Crippen molar-refractivity contribution in [1.82, 2.24) is 5.32 Å². The van der Waals surface area contributed by atoms with Gasteiger partial charge >= 0.3 is 5.97 Å². The minimum atomic E-state index is -0.697. The maximum Gasteiger partial charge on any atom is 0.336 e. The largest absolute Gasteiger partial charge is 0.463 e. The third-order valence-corrected chi connectivity index (χ3v) is 6.87. The summed E-state index contributed by atoms with van der Waals surface area (Å²) in [7, 11) is 0. The molecule has 0 saturated heterocycles. The molecule has 0 radical (unpaired) electrons. The Morgan fingerprint density at radius 1 is 1.17 bits per heavy atom. The molecule has 0 aliphatic carbocycles. The second-order valence-electron chi connectivity index (χ2n) is 7.95. The van der Waals surface area contributed by atoms with Gasteiger partial charge in [-0.25, -0.2) is 4.79 Å². The fourth-order valence-electron chi connectivity index (χ4n) is 3.90. The molecule has 8 heteroatoms. The van der Waals surface area contributed by atoms with Crippen LogP contribution in [0.1, 0.15) is 43.7 Å². The van der Waals surface area contributed by atoms with Crippen molar-refractivity contribution < 1.29 is 14.3 Å². The van der Waals surface area contributed by atoms with Gasteiger partial charge in [-0.15, -0.1) is 0 Å². The summed E-state index contributed by atoms with van der Waals surface area (Å²) in [5.41, 5.74) is 3.74. The molecule has 35 heavy (non-hydrogen) atoms. The molecule has 182 valence electrons. The number of carbonyl (C=O) groups excluding carboxylic acids is 2. The van der Waals surface area contributed by atoms with Gasteiger partial charge in [0.05, 0.1) is 40.5 Å². The minimum absolute atomic E-state index is 0.0885. The molecular weight excluding hydrogens is 482 g/mol. The van der Waals surface area contributed by atoms with Gasteiger partial charge < -0.3 is 15.4 Å². The summed E-state index contributed by atoms with van der Waals surface area (Å²) in [6.07, 6.45) is 1.35. The molecule has 1 heterocycles. The van der Waals surface area contributed by atoms with Crippen LogP contribution < -0.4 is 10.6 Å². The number of amides is 1. The van der Waals surface area contributed by atoms with Gasteiger partial charge in [0.15, 0.2) is 0 Å². The van der Waals surface area contributed by atoms with E-state index in [1.165, 1.54) is 11.8 Å². The van der Waals surface area contributed by atoms with Crippen molar-refractivity contribution in [1.29, 1.82) is 5.26 Å². The molecule has 1 aliphatic rings. The number of ether oxygens (including phenoxy) is 1. The van der Waals surface area contributed by atoms with Crippen molar-refractivity contribution in [3.63, 3.8) is 0 Å². The molecule has 2 N–H and O–H groups in total. The number of nitrogens with zero attached hydrogens (tertiary/aromatic N) is 1. The van der Waals surface area contributed by atoms with E-state index in [4.69, 9.17) is 16.3 Å². The second kappa shape index (κ2) is 12.5. The second-order valence-corrected chi connectivity index (χ2v) is 9.34. The molecule has 0 aromatic heterocycles. The Labute approximate surface area is 215 Å². The van der Waals surface area contributed by atoms with E-state index in [0.29, 0.717) is 38.9 Å². The number of hydrogen-bond donors (Lipinski definition) is 2. The number of halogens is 1. The zero-order valence-electron chi connectivity index (χ0n) is 20.0. The number of rotatable bonds is 9. The van der Waals surface area contributed by atoms with Gasteiger partial charge in [0, 0.05) is 16.4 Å². The summed E-state index contributed by atoms with van der Waals surface area (Å²) in [6, 6.07) is 17.0. The minimum Gasteiger partial charge on any atom is -0.463 e. The first-order valence-electron chi connectivity index (χ1n) is 11.4. The Hall–Kier alpha value is -3.21. The summed E-state index contributed by atoms with van der Waals surface area (Å²) in [4.78, 5) is 25.8. The van der Waals surface area contributed by atoms with E-state index in [0.717, 1.165) is 17.7 Å². The smallest absolute Gasteiger partial charge is 0.336 e. The normalized spacial score (nSPS) is 15.3. The van der Waals surface area contributed by atoms with Crippen molar-refractivity contribution in [3.05, 3.63) is 86.6 Å². The number of benzene rings is 2. The Balaban J connectivity index is 1.99. The highest BCUT2D eigenvalue weighted by Gasteiger charge is 2.37. The van der Waals surface area contributed by atoms with Gasteiger partial charge in [0.1, 0.15) is 0 Å². The highest BCUT2D eigenvalue weighted by molar-refractivity contribution is 8.03. The topological polar surface area (TPSA) is 91.2 Å². The highest BCUT2D eigenvalue weighted by Crippen LogP contribution is 2.44. The van der Waals surface area contributed by atoms with Gasteiger partial charge in [0.25, 0.3) is 0 Å². The monoisotopic (exact) mass is 509 g/mol. The molecule has 2 aromatic carbocycles. The summed E-state index contributed by atoms with van der Waals surface area (Å²) in [6.45, 7) is 5.89. The molecule has 0 saturated carbocycles. The maximum atomic E-state index is 13.1. The summed E-state index contributed by atoms with van der Waals surface area (Å²) < 4.78 is 5.37. The molecule has 2 aromatic rings. The third-order valence-electron chi connectivity index (χ3n) is 5.51. The van der Waals surface area contributed by atoms with Crippen LogP contribution >= 0.6 is 23.4 Å². The average molecular weight is 510 g/mol. The predicted octanol–water partition coefficient (Wildman–Crippen LogP) is 6.06. The first-order valence-corrected chi connectivity index (χ1v) is 12.8. The standard InChI is InChI=1S/C27H28ClN3O3S/c1-4-10-22-25(27(33)34-5-2)24(18-12-7-8-13-20(18)28)19(15-29)26(31-22)35-16-23(32)30-21-14-9-6-11-17(21)3/h6-9,11-14,24,31H,4-5,10,16H2,1-3H3,(H,30,32)/t24-/m0/s1. The lowest BCUT2D eigenvalue weighted by Crippen LogP contribution is -2.30. The molecule has 6 nitrogen and oxygen atoms in total. The van der Waals surface area contributed by atoms with Gasteiger partial charge in [-0.1, -0.05) is 73.1 Å². The van der Waals surface area contributed by atoms with Crippen molar-refractivity contribution in [3.8, 4) is 6.07 Å². The number of esters is 1. The highest BCUT2D eigenvalue weighted by atomic mass is 35.5. The maximum absolute atomic E-state index is 13.1. The first-order chi connectivity index (χ1) is 16.9. The molecule has 0 unspecified atom stereocenters. The van der Waals surface area contributed by atoms with Crippen LogP contribution in [0.3, 0.4) is 0 Å². The number of anilines is 1. The molecule has 3 rings (SSSR count). The SMILES string of the molecule is CCCC1=C(C(=O)OCC)[C@@H](c2ccccc2Cl)C(C#N)=C(SCC(=O)Nc2ccccc2C)N1. The van der Waals surface area contributed by atoms with E-state index in [9.17, 15) is 14.9 Å². The van der Waals surface area contributed by atoms with Crippen LogP contribution in [-0.2, 0) is 14.3 Å². The molecule has 0 bridgehead atoms. The summed E-state index contributed by atoms with van der Waals surface area (Å²) >= 11 is 7.76. The fourth-order valence-corrected chi connectivity index (χ4v) is 5.01. The predicted molar refractivity (Wildman–Crippen MR) is 141 cm³/mol. The van der Waals surface area contributed by atoms with Gasteiger partial charge in [0.2, 0.25) is 5.91 Å². The zero-order chi connectivity index (χ0) is 25.4. The Bertz CT molecular complexity index is 1220. The van der Waals surface area contributed by atoms with Crippen molar-refractivity contribution in [2.75, 3.05) is 17.7 Å². The van der Waals surface area contributed by atoms with Crippen LogP contribution in [0.5, 0.6) is 0 Å². The Morgan fingerprint density at radius 2 is 1.89 bits per heavy atom. The first kappa shape index (κ1) is 26.4. The van der Waals surface area contributed by atoms with E-state index < -0.39 is 11.9 Å². The van der Waals surface area contributed by atoms with E-state index in [1.807, 2.05) is 50.2 Å². The van der Waals surface area contributed by atoms with Crippen molar-refractivity contribution in [2.45, 2.75) is 39.5 Å². The van der Waals surface area contributed by atoms with Crippen LogP contribution in [0.25, 0.3) is 0 Å². The van der Waals surface area contributed by atoms with Crippen LogP contribution in [0.15, 0.2) is 70.4 Å². The number of para-hydroxylation sites is 1. The van der Waals surface area contributed by atoms with E-state index in [-0.39, 0.29) is 18.3 Å². The van der Waals surface area contributed by atoms with Gasteiger partial charge in [-0.3, -0.25) is 4.79 Å². The van der Waals surface area contributed by atoms with Crippen LogP contribution in [-0.4, -0.2) is 24.2 Å². The Kier molecular flexibility index (Phi) is 9.41. The van der Waals surface area contributed by atoms with Crippen LogP contribution in [0.4, 0.5) is 5.69 Å². The molecular formula is C27H28ClN3O3S. The number of nitrogens with one attached hydrogen (secondary N) is 2. The zero-order valence-corrected chi connectivity index (χ0v) is 21.6. The number of allylic oxidation sites excluding steroid dienone is 2. The number of dihydropyridines is 1.